The molecule has 3 amide bonds. The van der Waals surface area contributed by atoms with Crippen LogP contribution in [0.2, 0.25) is 0 Å². The third-order valence-electron chi connectivity index (χ3n) is 5.47. The number of piperazine rings is 1. The molecular formula is C20H31N5O2. The van der Waals surface area contributed by atoms with E-state index in [1.165, 1.54) is 12.8 Å². The van der Waals surface area contributed by atoms with Crippen LogP contribution in [-0.4, -0.2) is 60.1 Å². The molecule has 2 fully saturated rings. The molecule has 0 spiro atoms. The van der Waals surface area contributed by atoms with Crippen molar-refractivity contribution in [3.05, 3.63) is 24.4 Å². The maximum Gasteiger partial charge on any atom is 0.318 e. The number of nitrogens with one attached hydrogen (secondary N) is 2. The average molecular weight is 374 g/mol. The van der Waals surface area contributed by atoms with Crippen LogP contribution in [0.25, 0.3) is 0 Å². The monoisotopic (exact) mass is 373 g/mol. The highest BCUT2D eigenvalue weighted by molar-refractivity contribution is 5.87. The number of carbonyl (C=O) groups excluding carboxylic acids is 2. The van der Waals surface area contributed by atoms with Gasteiger partial charge in [0.15, 0.2) is 0 Å². The molecule has 0 bridgehead atoms. The van der Waals surface area contributed by atoms with Gasteiger partial charge >= 0.3 is 6.03 Å². The predicted molar refractivity (Wildman–Crippen MR) is 106 cm³/mol. The van der Waals surface area contributed by atoms with E-state index in [0.717, 1.165) is 31.7 Å². The van der Waals surface area contributed by atoms with Crippen molar-refractivity contribution in [2.75, 3.05) is 31.1 Å². The Morgan fingerprint density at radius 2 is 1.81 bits per heavy atom. The molecule has 1 saturated heterocycles. The lowest BCUT2D eigenvalue weighted by molar-refractivity contribution is -0.124. The highest BCUT2D eigenvalue weighted by atomic mass is 16.2. The van der Waals surface area contributed by atoms with E-state index in [4.69, 9.17) is 0 Å². The molecule has 2 heterocycles. The van der Waals surface area contributed by atoms with E-state index in [2.05, 4.69) is 20.5 Å². The Labute approximate surface area is 161 Å². The second-order valence-corrected chi connectivity index (χ2v) is 7.82. The standard InChI is InChI=1S/C20H31N5O2/c1-15(2)18(19(26)22-16-7-3-4-8-16)23-20(27)25-13-11-24(12-14-25)17-9-5-6-10-21-17/h5-6,9-10,15-16,18H,3-4,7-8,11-14H2,1-2H3,(H,22,26)(H,23,27)/t18-/m0/s1. The van der Waals surface area contributed by atoms with Crippen LogP contribution in [0.15, 0.2) is 24.4 Å². The van der Waals surface area contributed by atoms with Crippen molar-refractivity contribution in [3.63, 3.8) is 0 Å². The van der Waals surface area contributed by atoms with Crippen molar-refractivity contribution in [2.24, 2.45) is 5.92 Å². The lowest BCUT2D eigenvalue weighted by atomic mass is 10.0. The maximum absolute atomic E-state index is 12.7. The van der Waals surface area contributed by atoms with Gasteiger partial charge in [0.1, 0.15) is 11.9 Å². The van der Waals surface area contributed by atoms with E-state index in [9.17, 15) is 9.59 Å². The Kier molecular flexibility index (Phi) is 6.53. The van der Waals surface area contributed by atoms with Crippen LogP contribution in [0.4, 0.5) is 10.6 Å². The number of rotatable bonds is 5. The molecule has 3 rings (SSSR count). The molecule has 1 aromatic heterocycles. The summed E-state index contributed by atoms with van der Waals surface area (Å²) in [6.07, 6.45) is 6.21. The SMILES string of the molecule is CC(C)[C@H](NC(=O)N1CCN(c2ccccn2)CC1)C(=O)NC1CCCC1. The fourth-order valence-electron chi connectivity index (χ4n) is 3.80. The van der Waals surface area contributed by atoms with Crippen LogP contribution < -0.4 is 15.5 Å². The molecule has 0 unspecified atom stereocenters. The Morgan fingerprint density at radius 1 is 1.11 bits per heavy atom. The summed E-state index contributed by atoms with van der Waals surface area (Å²) in [6, 6.07) is 5.46. The van der Waals surface area contributed by atoms with Crippen LogP contribution in [-0.2, 0) is 4.79 Å². The number of amides is 3. The van der Waals surface area contributed by atoms with Gasteiger partial charge in [-0.05, 0) is 30.9 Å². The molecular weight excluding hydrogens is 342 g/mol. The van der Waals surface area contributed by atoms with Crippen molar-refractivity contribution in [1.29, 1.82) is 0 Å². The highest BCUT2D eigenvalue weighted by Crippen LogP contribution is 2.18. The number of anilines is 1. The number of urea groups is 1. The lowest BCUT2D eigenvalue weighted by Gasteiger charge is -2.36. The zero-order chi connectivity index (χ0) is 19.2. The van der Waals surface area contributed by atoms with Gasteiger partial charge in [-0.2, -0.15) is 0 Å². The quantitative estimate of drug-likeness (QED) is 0.828. The zero-order valence-corrected chi connectivity index (χ0v) is 16.4. The van der Waals surface area contributed by atoms with E-state index in [-0.39, 0.29) is 23.9 Å². The summed E-state index contributed by atoms with van der Waals surface area (Å²) in [7, 11) is 0. The third-order valence-corrected chi connectivity index (χ3v) is 5.47. The Morgan fingerprint density at radius 3 is 2.41 bits per heavy atom. The van der Waals surface area contributed by atoms with Gasteiger partial charge in [0.2, 0.25) is 5.91 Å². The molecule has 7 nitrogen and oxygen atoms in total. The molecule has 2 N–H and O–H groups in total. The summed E-state index contributed by atoms with van der Waals surface area (Å²) in [6.45, 7) is 6.67. The maximum atomic E-state index is 12.7. The normalized spacial score (nSPS) is 19.2. The number of pyridine rings is 1. The summed E-state index contributed by atoms with van der Waals surface area (Å²) < 4.78 is 0. The van der Waals surface area contributed by atoms with Crippen molar-refractivity contribution in [2.45, 2.75) is 51.6 Å². The average Bonchev–Trinajstić information content (AvgIpc) is 3.19. The number of aromatic nitrogens is 1. The van der Waals surface area contributed by atoms with Gasteiger partial charge in [-0.25, -0.2) is 9.78 Å². The number of carbonyl (C=O) groups is 2. The molecule has 1 saturated carbocycles. The second-order valence-electron chi connectivity index (χ2n) is 7.82. The van der Waals surface area contributed by atoms with Crippen LogP contribution in [0.5, 0.6) is 0 Å². The smallest absolute Gasteiger partial charge is 0.318 e. The molecule has 0 radical (unpaired) electrons. The molecule has 27 heavy (non-hydrogen) atoms. The van der Waals surface area contributed by atoms with Crippen molar-refractivity contribution in [1.82, 2.24) is 20.5 Å². The summed E-state index contributed by atoms with van der Waals surface area (Å²) >= 11 is 0. The molecule has 1 aromatic rings. The molecule has 7 heteroatoms. The Bertz CT molecular complexity index is 623. The van der Waals surface area contributed by atoms with Crippen LogP contribution >= 0.6 is 0 Å². The molecule has 148 valence electrons. The van der Waals surface area contributed by atoms with E-state index in [1.807, 2.05) is 32.0 Å². The first-order valence-corrected chi connectivity index (χ1v) is 10.1. The largest absolute Gasteiger partial charge is 0.353 e. The van der Waals surface area contributed by atoms with E-state index >= 15 is 0 Å². The van der Waals surface area contributed by atoms with Crippen LogP contribution in [0.1, 0.15) is 39.5 Å². The van der Waals surface area contributed by atoms with Crippen molar-refractivity contribution >= 4 is 17.8 Å². The first-order chi connectivity index (χ1) is 13.0. The van der Waals surface area contributed by atoms with Gasteiger partial charge in [0.25, 0.3) is 0 Å². The van der Waals surface area contributed by atoms with Gasteiger partial charge in [-0.15, -0.1) is 0 Å². The number of nitrogens with zero attached hydrogens (tertiary/aromatic N) is 3. The van der Waals surface area contributed by atoms with Crippen LogP contribution in [0.3, 0.4) is 0 Å². The predicted octanol–water partition coefficient (Wildman–Crippen LogP) is 2.00. The molecule has 0 aromatic carbocycles. The number of hydrogen-bond donors (Lipinski definition) is 2. The van der Waals surface area contributed by atoms with Gasteiger partial charge < -0.3 is 20.4 Å². The second kappa shape index (κ2) is 9.06. The molecule has 1 aliphatic carbocycles. The minimum atomic E-state index is -0.494. The van der Waals surface area contributed by atoms with Gasteiger partial charge in [-0.3, -0.25) is 4.79 Å². The topological polar surface area (TPSA) is 77.6 Å². The van der Waals surface area contributed by atoms with Crippen molar-refractivity contribution in [3.8, 4) is 0 Å². The van der Waals surface area contributed by atoms with Crippen molar-refractivity contribution < 1.29 is 9.59 Å². The fourth-order valence-corrected chi connectivity index (χ4v) is 3.80. The Hall–Kier alpha value is -2.31. The lowest BCUT2D eigenvalue weighted by Crippen LogP contribution is -2.58. The first kappa shape index (κ1) is 19.5. The summed E-state index contributed by atoms with van der Waals surface area (Å²) in [4.78, 5) is 33.7. The summed E-state index contributed by atoms with van der Waals surface area (Å²) in [5.74, 6) is 0.927. The van der Waals surface area contributed by atoms with E-state index in [1.54, 1.807) is 11.1 Å². The zero-order valence-electron chi connectivity index (χ0n) is 16.4. The third kappa shape index (κ3) is 5.11. The van der Waals surface area contributed by atoms with E-state index in [0.29, 0.717) is 13.1 Å². The number of hydrogen-bond acceptors (Lipinski definition) is 4. The molecule has 1 aliphatic heterocycles. The molecule has 1 atom stereocenters. The van der Waals surface area contributed by atoms with Crippen LogP contribution in [0, 0.1) is 5.92 Å². The fraction of sp³-hybridized carbons (Fsp3) is 0.650. The minimum absolute atomic E-state index is 0.0464. The Balaban J connectivity index is 1.51. The summed E-state index contributed by atoms with van der Waals surface area (Å²) in [5.41, 5.74) is 0. The summed E-state index contributed by atoms with van der Waals surface area (Å²) in [5, 5.41) is 6.06. The van der Waals surface area contributed by atoms with Gasteiger partial charge in [0.05, 0.1) is 0 Å². The van der Waals surface area contributed by atoms with E-state index < -0.39 is 6.04 Å². The first-order valence-electron chi connectivity index (χ1n) is 10.1. The minimum Gasteiger partial charge on any atom is -0.353 e. The molecule has 2 aliphatic rings. The van der Waals surface area contributed by atoms with Gasteiger partial charge in [-0.1, -0.05) is 32.8 Å². The highest BCUT2D eigenvalue weighted by Gasteiger charge is 2.30. The van der Waals surface area contributed by atoms with Gasteiger partial charge in [0, 0.05) is 38.4 Å².